The van der Waals surface area contributed by atoms with Crippen molar-refractivity contribution in [1.29, 1.82) is 0 Å². The molecule has 3 rings (SSSR count). The Morgan fingerprint density at radius 2 is 2.05 bits per heavy atom. The van der Waals surface area contributed by atoms with Crippen molar-refractivity contribution in [1.82, 2.24) is 9.78 Å². The molecule has 0 bridgehead atoms. The van der Waals surface area contributed by atoms with E-state index < -0.39 is 11.7 Å². The molecule has 5 nitrogen and oxygen atoms in total. The quantitative estimate of drug-likeness (QED) is 0.792. The molecule has 0 spiro atoms. The molecule has 2 aromatic rings. The van der Waals surface area contributed by atoms with Crippen molar-refractivity contribution in [2.75, 3.05) is 4.90 Å². The van der Waals surface area contributed by atoms with Crippen LogP contribution in [0.3, 0.4) is 0 Å². The summed E-state index contributed by atoms with van der Waals surface area (Å²) < 4.78 is 2.48. The molecule has 2 heterocycles. The number of nitrogens with zero attached hydrogens (tertiary/aromatic N) is 3. The molecule has 0 aliphatic carbocycles. The second-order valence-electron chi connectivity index (χ2n) is 4.86. The Morgan fingerprint density at radius 1 is 1.30 bits per heavy atom. The molecule has 0 N–H and O–H groups in total. The zero-order chi connectivity index (χ0) is 14.4. The third-order valence-electron chi connectivity index (χ3n) is 3.32. The molecular weight excluding hydrogens is 322 g/mol. The molecule has 102 valence electrons. The van der Waals surface area contributed by atoms with Crippen LogP contribution in [0.2, 0.25) is 0 Å². The second kappa shape index (κ2) is 4.56. The number of hydrogen-bond donors (Lipinski definition) is 0. The van der Waals surface area contributed by atoms with Gasteiger partial charge in [0.15, 0.2) is 0 Å². The highest BCUT2D eigenvalue weighted by Crippen LogP contribution is 2.35. The van der Waals surface area contributed by atoms with E-state index >= 15 is 0 Å². The summed E-state index contributed by atoms with van der Waals surface area (Å²) >= 11 is 3.36. The van der Waals surface area contributed by atoms with Crippen LogP contribution in [0.1, 0.15) is 21.5 Å². The van der Waals surface area contributed by atoms with Crippen LogP contribution in [-0.2, 0) is 18.4 Å². The van der Waals surface area contributed by atoms with E-state index in [1.54, 1.807) is 16.9 Å². The van der Waals surface area contributed by atoms with Crippen LogP contribution in [0.25, 0.3) is 0 Å². The van der Waals surface area contributed by atoms with Gasteiger partial charge in [0.1, 0.15) is 0 Å². The van der Waals surface area contributed by atoms with Crippen molar-refractivity contribution < 1.29 is 9.59 Å². The van der Waals surface area contributed by atoms with Crippen LogP contribution in [0.15, 0.2) is 29.0 Å². The Labute approximate surface area is 124 Å². The number of hydrogen-bond acceptors (Lipinski definition) is 3. The fourth-order valence-electron chi connectivity index (χ4n) is 2.49. The lowest BCUT2D eigenvalue weighted by atomic mass is 10.1. The van der Waals surface area contributed by atoms with Gasteiger partial charge in [-0.1, -0.05) is 15.9 Å². The van der Waals surface area contributed by atoms with Gasteiger partial charge in [0.25, 0.3) is 11.7 Å². The molecular formula is C14H12BrN3O2. The molecule has 1 aromatic carbocycles. The summed E-state index contributed by atoms with van der Waals surface area (Å²) in [6.07, 6.45) is 3.54. The number of fused-ring (bicyclic) bond motifs is 1. The average Bonchev–Trinajstić information content (AvgIpc) is 2.88. The molecule has 0 radical (unpaired) electrons. The van der Waals surface area contributed by atoms with Crippen LogP contribution in [0.4, 0.5) is 5.69 Å². The second-order valence-corrected chi connectivity index (χ2v) is 5.78. The van der Waals surface area contributed by atoms with Crippen molar-refractivity contribution in [2.45, 2.75) is 13.5 Å². The molecule has 0 unspecified atom stereocenters. The van der Waals surface area contributed by atoms with E-state index in [-0.39, 0.29) is 0 Å². The number of rotatable bonds is 2. The van der Waals surface area contributed by atoms with Crippen LogP contribution >= 0.6 is 15.9 Å². The monoisotopic (exact) mass is 333 g/mol. The summed E-state index contributed by atoms with van der Waals surface area (Å²) in [7, 11) is 1.82. The Kier molecular flexibility index (Phi) is 2.97. The molecule has 0 atom stereocenters. The molecule has 20 heavy (non-hydrogen) atoms. The van der Waals surface area contributed by atoms with Crippen LogP contribution in [0.5, 0.6) is 0 Å². The number of amides is 1. The summed E-state index contributed by atoms with van der Waals surface area (Å²) in [5, 5.41) is 4.08. The van der Waals surface area contributed by atoms with E-state index in [4.69, 9.17) is 0 Å². The minimum atomic E-state index is -0.481. The third kappa shape index (κ3) is 1.96. The topological polar surface area (TPSA) is 55.2 Å². The largest absolute Gasteiger partial charge is 0.300 e. The first kappa shape index (κ1) is 13.1. The van der Waals surface area contributed by atoms with Crippen LogP contribution in [0, 0.1) is 6.92 Å². The smallest absolute Gasteiger partial charge is 0.299 e. The van der Waals surface area contributed by atoms with E-state index in [0.717, 1.165) is 15.6 Å². The molecule has 1 amide bonds. The number of anilines is 1. The van der Waals surface area contributed by atoms with Crippen molar-refractivity contribution in [2.24, 2.45) is 7.05 Å². The van der Waals surface area contributed by atoms with Crippen LogP contribution in [-0.4, -0.2) is 21.5 Å². The van der Waals surface area contributed by atoms with Gasteiger partial charge in [-0.3, -0.25) is 19.2 Å². The van der Waals surface area contributed by atoms with Gasteiger partial charge in [0.2, 0.25) is 0 Å². The van der Waals surface area contributed by atoms with E-state index in [1.165, 1.54) is 4.90 Å². The Balaban J connectivity index is 2.06. The molecule has 0 saturated heterocycles. The minimum Gasteiger partial charge on any atom is -0.300 e. The number of carbonyl (C=O) groups is 2. The first-order valence-corrected chi connectivity index (χ1v) is 6.90. The predicted molar refractivity (Wildman–Crippen MR) is 77.6 cm³/mol. The lowest BCUT2D eigenvalue weighted by molar-refractivity contribution is -0.114. The average molecular weight is 334 g/mol. The summed E-state index contributed by atoms with van der Waals surface area (Å²) in [6, 6.07) is 3.60. The maximum Gasteiger partial charge on any atom is 0.299 e. The van der Waals surface area contributed by atoms with Crippen molar-refractivity contribution in [3.8, 4) is 0 Å². The van der Waals surface area contributed by atoms with E-state index in [0.29, 0.717) is 17.8 Å². The lowest BCUT2D eigenvalue weighted by Gasteiger charge is -2.17. The SMILES string of the molecule is Cc1cc(Br)cc2c1N(Cc1cnn(C)c1)C(=O)C2=O. The number of benzene rings is 1. The van der Waals surface area contributed by atoms with Crippen LogP contribution < -0.4 is 4.90 Å². The Bertz CT molecular complexity index is 736. The van der Waals surface area contributed by atoms with Gasteiger partial charge >= 0.3 is 0 Å². The van der Waals surface area contributed by atoms with E-state index in [1.807, 2.05) is 26.2 Å². The molecule has 1 aliphatic heterocycles. The van der Waals surface area contributed by atoms with Crippen molar-refractivity contribution >= 4 is 33.3 Å². The molecule has 1 aromatic heterocycles. The number of aromatic nitrogens is 2. The lowest BCUT2D eigenvalue weighted by Crippen LogP contribution is -2.29. The number of carbonyl (C=O) groups excluding carboxylic acids is 2. The van der Waals surface area contributed by atoms with Crippen molar-refractivity contribution in [3.05, 3.63) is 45.7 Å². The van der Waals surface area contributed by atoms with Gasteiger partial charge in [0, 0.05) is 23.3 Å². The first-order chi connectivity index (χ1) is 9.47. The normalized spacial score (nSPS) is 14.1. The fraction of sp³-hybridized carbons (Fsp3) is 0.214. The Hall–Kier alpha value is -1.95. The highest BCUT2D eigenvalue weighted by Gasteiger charge is 2.37. The van der Waals surface area contributed by atoms with Gasteiger partial charge in [-0.25, -0.2) is 0 Å². The minimum absolute atomic E-state index is 0.355. The highest BCUT2D eigenvalue weighted by molar-refractivity contribution is 9.10. The molecule has 6 heteroatoms. The maximum atomic E-state index is 12.2. The zero-order valence-electron chi connectivity index (χ0n) is 11.1. The molecule has 0 fully saturated rings. The number of aryl methyl sites for hydroxylation is 2. The van der Waals surface area contributed by atoms with Gasteiger partial charge in [0.05, 0.1) is 24.0 Å². The van der Waals surface area contributed by atoms with Gasteiger partial charge in [-0.15, -0.1) is 0 Å². The predicted octanol–water partition coefficient (Wildman–Crippen LogP) is 2.22. The molecule has 0 saturated carbocycles. The van der Waals surface area contributed by atoms with Gasteiger partial charge in [-0.05, 0) is 24.6 Å². The third-order valence-corrected chi connectivity index (χ3v) is 3.78. The Morgan fingerprint density at radius 3 is 2.70 bits per heavy atom. The highest BCUT2D eigenvalue weighted by atomic mass is 79.9. The standard InChI is InChI=1S/C14H12BrN3O2/c1-8-3-10(15)4-11-12(8)18(14(20)13(11)19)7-9-5-16-17(2)6-9/h3-6H,7H2,1-2H3. The summed E-state index contributed by atoms with van der Waals surface area (Å²) in [6.45, 7) is 2.25. The maximum absolute atomic E-state index is 12.2. The number of ketones is 1. The van der Waals surface area contributed by atoms with Gasteiger partial charge in [-0.2, -0.15) is 5.10 Å². The summed E-state index contributed by atoms with van der Waals surface area (Å²) in [5.74, 6) is -0.932. The van der Waals surface area contributed by atoms with Gasteiger partial charge < -0.3 is 0 Å². The van der Waals surface area contributed by atoms with E-state index in [2.05, 4.69) is 21.0 Å². The number of halogens is 1. The fourth-order valence-corrected chi connectivity index (χ4v) is 3.07. The number of Topliss-reactive ketones (excluding diaryl/α,β-unsaturated/α-hetero) is 1. The summed E-state index contributed by atoms with van der Waals surface area (Å²) in [4.78, 5) is 25.8. The molecule has 1 aliphatic rings. The van der Waals surface area contributed by atoms with Crippen molar-refractivity contribution in [3.63, 3.8) is 0 Å². The first-order valence-electron chi connectivity index (χ1n) is 6.11. The zero-order valence-corrected chi connectivity index (χ0v) is 12.6. The summed E-state index contributed by atoms with van der Waals surface area (Å²) in [5.41, 5.74) is 2.96. The van der Waals surface area contributed by atoms with E-state index in [9.17, 15) is 9.59 Å².